The number of nitrogens with one attached hydrogen (secondary N) is 1. The minimum atomic E-state index is -0.0373. The molecule has 0 saturated heterocycles. The van der Waals surface area contributed by atoms with Crippen LogP contribution in [0.1, 0.15) is 26.7 Å². The first kappa shape index (κ1) is 13.8. The molecule has 0 spiro atoms. The fourth-order valence-electron chi connectivity index (χ4n) is 2.33. The lowest BCUT2D eigenvalue weighted by molar-refractivity contribution is 0.127. The van der Waals surface area contributed by atoms with E-state index >= 15 is 0 Å². The third-order valence-electron chi connectivity index (χ3n) is 4.17. The van der Waals surface area contributed by atoms with Gasteiger partial charge in [-0.1, -0.05) is 26.0 Å². The van der Waals surface area contributed by atoms with Crippen molar-refractivity contribution in [2.45, 2.75) is 26.7 Å². The Labute approximate surface area is 114 Å². The Kier molecular flexibility index (Phi) is 4.38. The SMILES string of the molecule is CCC(CC)(CO)CNc1cccc2ccncc12. The summed E-state index contributed by atoms with van der Waals surface area (Å²) in [6, 6.07) is 8.21. The van der Waals surface area contributed by atoms with Gasteiger partial charge in [0.05, 0.1) is 6.61 Å². The molecule has 0 aliphatic carbocycles. The van der Waals surface area contributed by atoms with Crippen molar-refractivity contribution in [3.8, 4) is 0 Å². The quantitative estimate of drug-likeness (QED) is 0.834. The van der Waals surface area contributed by atoms with Crippen molar-refractivity contribution in [2.75, 3.05) is 18.5 Å². The summed E-state index contributed by atoms with van der Waals surface area (Å²) in [5.41, 5.74) is 1.05. The molecule has 0 atom stereocenters. The standard InChI is InChI=1S/C16H22N2O/c1-3-16(4-2,12-19)11-18-15-7-5-6-13-8-9-17-10-14(13)15/h5-10,18-19H,3-4,11-12H2,1-2H3. The first-order chi connectivity index (χ1) is 9.24. The van der Waals surface area contributed by atoms with Gasteiger partial charge in [0.15, 0.2) is 0 Å². The molecule has 19 heavy (non-hydrogen) atoms. The van der Waals surface area contributed by atoms with Crippen molar-refractivity contribution in [1.82, 2.24) is 4.98 Å². The van der Waals surface area contributed by atoms with Crippen LogP contribution in [0.5, 0.6) is 0 Å². The number of aliphatic hydroxyl groups excluding tert-OH is 1. The zero-order valence-corrected chi connectivity index (χ0v) is 11.7. The van der Waals surface area contributed by atoms with E-state index < -0.39 is 0 Å². The predicted molar refractivity (Wildman–Crippen MR) is 80.3 cm³/mol. The van der Waals surface area contributed by atoms with Gasteiger partial charge in [0.1, 0.15) is 0 Å². The first-order valence-electron chi connectivity index (χ1n) is 6.92. The van der Waals surface area contributed by atoms with Gasteiger partial charge in [-0.15, -0.1) is 0 Å². The van der Waals surface area contributed by atoms with E-state index in [9.17, 15) is 5.11 Å². The molecular formula is C16H22N2O. The largest absolute Gasteiger partial charge is 0.396 e. The van der Waals surface area contributed by atoms with Gasteiger partial charge in [-0.25, -0.2) is 0 Å². The van der Waals surface area contributed by atoms with Gasteiger partial charge in [-0.05, 0) is 30.4 Å². The summed E-state index contributed by atoms with van der Waals surface area (Å²) in [5.74, 6) is 0. The average Bonchev–Trinajstić information content (AvgIpc) is 2.49. The predicted octanol–water partition coefficient (Wildman–Crippen LogP) is 3.45. The van der Waals surface area contributed by atoms with Crippen molar-refractivity contribution in [3.63, 3.8) is 0 Å². The maximum Gasteiger partial charge on any atom is 0.0504 e. The third kappa shape index (κ3) is 2.87. The number of pyridine rings is 1. The molecule has 3 nitrogen and oxygen atoms in total. The molecule has 1 aromatic heterocycles. The van der Waals surface area contributed by atoms with E-state index in [0.717, 1.165) is 30.5 Å². The maximum absolute atomic E-state index is 9.62. The summed E-state index contributed by atoms with van der Waals surface area (Å²) in [7, 11) is 0. The molecule has 0 saturated carbocycles. The van der Waals surface area contributed by atoms with Crippen LogP contribution in [0.4, 0.5) is 5.69 Å². The molecule has 1 heterocycles. The monoisotopic (exact) mass is 258 g/mol. The van der Waals surface area contributed by atoms with Gasteiger partial charge < -0.3 is 10.4 Å². The first-order valence-corrected chi connectivity index (χ1v) is 6.92. The number of rotatable bonds is 6. The molecule has 0 aliphatic heterocycles. The van der Waals surface area contributed by atoms with E-state index in [4.69, 9.17) is 0 Å². The van der Waals surface area contributed by atoms with E-state index in [1.54, 1.807) is 0 Å². The molecule has 0 unspecified atom stereocenters. The highest BCUT2D eigenvalue weighted by molar-refractivity contribution is 5.93. The number of nitrogens with zero attached hydrogens (tertiary/aromatic N) is 1. The number of aromatic nitrogens is 1. The summed E-state index contributed by atoms with van der Waals surface area (Å²) >= 11 is 0. The molecule has 2 N–H and O–H groups in total. The van der Waals surface area contributed by atoms with Crippen LogP contribution in [0.15, 0.2) is 36.7 Å². The van der Waals surface area contributed by atoms with Crippen molar-refractivity contribution in [3.05, 3.63) is 36.7 Å². The highest BCUT2D eigenvalue weighted by Crippen LogP contribution is 2.28. The second-order valence-electron chi connectivity index (χ2n) is 5.12. The molecule has 2 rings (SSSR count). The van der Waals surface area contributed by atoms with Crippen LogP contribution < -0.4 is 5.32 Å². The molecular weight excluding hydrogens is 236 g/mol. The van der Waals surface area contributed by atoms with Gasteiger partial charge in [0, 0.05) is 35.4 Å². The van der Waals surface area contributed by atoms with Crippen molar-refractivity contribution >= 4 is 16.5 Å². The van der Waals surface area contributed by atoms with Crippen LogP contribution in [-0.2, 0) is 0 Å². The van der Waals surface area contributed by atoms with Gasteiger partial charge in [0.2, 0.25) is 0 Å². The van der Waals surface area contributed by atoms with Gasteiger partial charge in [-0.3, -0.25) is 4.98 Å². The molecule has 102 valence electrons. The lowest BCUT2D eigenvalue weighted by Gasteiger charge is -2.30. The minimum Gasteiger partial charge on any atom is -0.396 e. The normalized spacial score (nSPS) is 11.7. The number of anilines is 1. The second kappa shape index (κ2) is 6.02. The summed E-state index contributed by atoms with van der Waals surface area (Å²) in [4.78, 5) is 4.19. The number of benzene rings is 1. The molecule has 0 radical (unpaired) electrons. The molecule has 1 aromatic carbocycles. The van der Waals surface area contributed by atoms with Crippen molar-refractivity contribution < 1.29 is 5.11 Å². The summed E-state index contributed by atoms with van der Waals surface area (Å²) in [5, 5.41) is 15.4. The summed E-state index contributed by atoms with van der Waals surface area (Å²) in [6.45, 7) is 5.26. The molecule has 0 bridgehead atoms. The molecule has 0 fully saturated rings. The van der Waals surface area contributed by atoms with Gasteiger partial charge in [-0.2, -0.15) is 0 Å². The number of aliphatic hydroxyl groups is 1. The van der Waals surface area contributed by atoms with Crippen LogP contribution in [-0.4, -0.2) is 23.2 Å². The van der Waals surface area contributed by atoms with Crippen LogP contribution in [0, 0.1) is 5.41 Å². The fraction of sp³-hybridized carbons (Fsp3) is 0.438. The van der Waals surface area contributed by atoms with E-state index in [0.29, 0.717) is 0 Å². The second-order valence-corrected chi connectivity index (χ2v) is 5.12. The van der Waals surface area contributed by atoms with Crippen molar-refractivity contribution in [2.24, 2.45) is 5.41 Å². The van der Waals surface area contributed by atoms with Crippen LogP contribution in [0.2, 0.25) is 0 Å². The molecule has 2 aromatic rings. The Morgan fingerprint density at radius 1 is 1.21 bits per heavy atom. The summed E-state index contributed by atoms with van der Waals surface area (Å²) in [6.07, 6.45) is 5.63. The van der Waals surface area contributed by atoms with Crippen LogP contribution >= 0.6 is 0 Å². The number of hydrogen-bond donors (Lipinski definition) is 2. The molecule has 0 amide bonds. The van der Waals surface area contributed by atoms with Crippen molar-refractivity contribution in [1.29, 1.82) is 0 Å². The number of fused-ring (bicyclic) bond motifs is 1. The maximum atomic E-state index is 9.62. The Hall–Kier alpha value is -1.61. The van der Waals surface area contributed by atoms with Crippen LogP contribution in [0.25, 0.3) is 10.8 Å². The third-order valence-corrected chi connectivity index (χ3v) is 4.17. The molecule has 0 aliphatic rings. The fourth-order valence-corrected chi connectivity index (χ4v) is 2.33. The lowest BCUT2D eigenvalue weighted by atomic mass is 9.83. The van der Waals surface area contributed by atoms with E-state index in [1.165, 1.54) is 5.39 Å². The Morgan fingerprint density at radius 2 is 2.00 bits per heavy atom. The lowest BCUT2D eigenvalue weighted by Crippen LogP contribution is -2.32. The summed E-state index contributed by atoms with van der Waals surface area (Å²) < 4.78 is 0. The van der Waals surface area contributed by atoms with E-state index in [-0.39, 0.29) is 12.0 Å². The highest BCUT2D eigenvalue weighted by Gasteiger charge is 2.24. The van der Waals surface area contributed by atoms with Gasteiger partial charge >= 0.3 is 0 Å². The minimum absolute atomic E-state index is 0.0373. The van der Waals surface area contributed by atoms with E-state index in [1.807, 2.05) is 24.5 Å². The zero-order chi connectivity index (χ0) is 13.7. The highest BCUT2D eigenvalue weighted by atomic mass is 16.3. The van der Waals surface area contributed by atoms with Gasteiger partial charge in [0.25, 0.3) is 0 Å². The topological polar surface area (TPSA) is 45.1 Å². The Balaban J connectivity index is 2.22. The molecule has 3 heteroatoms. The number of hydrogen-bond acceptors (Lipinski definition) is 3. The Morgan fingerprint density at radius 3 is 2.68 bits per heavy atom. The smallest absolute Gasteiger partial charge is 0.0504 e. The van der Waals surface area contributed by atoms with Crippen LogP contribution in [0.3, 0.4) is 0 Å². The average molecular weight is 258 g/mol. The van der Waals surface area contributed by atoms with E-state index in [2.05, 4.69) is 36.3 Å². The zero-order valence-electron chi connectivity index (χ0n) is 11.7. The Bertz CT molecular complexity index is 522.